The van der Waals surface area contributed by atoms with E-state index in [1.54, 1.807) is 6.92 Å². The second-order valence-electron chi connectivity index (χ2n) is 5.10. The van der Waals surface area contributed by atoms with Gasteiger partial charge in [0.2, 0.25) is 0 Å². The zero-order chi connectivity index (χ0) is 15.1. The van der Waals surface area contributed by atoms with Gasteiger partial charge in [-0.2, -0.15) is 0 Å². The quantitative estimate of drug-likeness (QED) is 0.869. The molecule has 1 N–H and O–H groups in total. The summed E-state index contributed by atoms with van der Waals surface area (Å²) < 4.78 is 50.4. The summed E-state index contributed by atoms with van der Waals surface area (Å²) in [5, 5.41) is 2.41. The van der Waals surface area contributed by atoms with E-state index in [0.29, 0.717) is 0 Å². The number of sulfone groups is 1. The van der Waals surface area contributed by atoms with E-state index in [9.17, 15) is 22.0 Å². The maximum absolute atomic E-state index is 13.7. The van der Waals surface area contributed by atoms with Crippen LogP contribution in [0.4, 0.5) is 8.78 Å². The molecule has 0 bridgehead atoms. The molecule has 1 aliphatic rings. The summed E-state index contributed by atoms with van der Waals surface area (Å²) in [6, 6.07) is 1.96. The van der Waals surface area contributed by atoms with E-state index < -0.39 is 38.5 Å². The van der Waals surface area contributed by atoms with E-state index in [1.165, 1.54) is 0 Å². The van der Waals surface area contributed by atoms with Crippen LogP contribution in [0.2, 0.25) is 0 Å². The minimum absolute atomic E-state index is 0.0465. The molecule has 1 fully saturated rings. The van der Waals surface area contributed by atoms with Crippen LogP contribution in [-0.2, 0) is 9.84 Å². The van der Waals surface area contributed by atoms with Crippen molar-refractivity contribution >= 4 is 31.7 Å². The highest BCUT2D eigenvalue weighted by atomic mass is 79.9. The molecule has 20 heavy (non-hydrogen) atoms. The molecule has 1 unspecified atom stereocenters. The Labute approximate surface area is 123 Å². The number of halogens is 3. The second kappa shape index (κ2) is 5.07. The van der Waals surface area contributed by atoms with Gasteiger partial charge in [-0.3, -0.25) is 4.79 Å². The number of carbonyl (C=O) groups excluding carboxylic acids is 1. The lowest BCUT2D eigenvalue weighted by atomic mass is 10.0. The fourth-order valence-electron chi connectivity index (χ4n) is 2.20. The molecule has 1 atom stereocenters. The summed E-state index contributed by atoms with van der Waals surface area (Å²) in [4.78, 5) is 12.0. The maximum atomic E-state index is 13.7. The van der Waals surface area contributed by atoms with Gasteiger partial charge in [0, 0.05) is 4.47 Å². The van der Waals surface area contributed by atoms with E-state index in [1.807, 2.05) is 0 Å². The van der Waals surface area contributed by atoms with Crippen LogP contribution in [0.5, 0.6) is 0 Å². The van der Waals surface area contributed by atoms with Crippen molar-refractivity contribution in [2.45, 2.75) is 18.9 Å². The Morgan fingerprint density at radius 2 is 1.90 bits per heavy atom. The van der Waals surface area contributed by atoms with Crippen LogP contribution in [0.15, 0.2) is 16.6 Å². The van der Waals surface area contributed by atoms with Gasteiger partial charge >= 0.3 is 0 Å². The molecule has 0 aromatic heterocycles. The smallest absolute Gasteiger partial charge is 0.257 e. The van der Waals surface area contributed by atoms with Gasteiger partial charge in [0.25, 0.3) is 5.91 Å². The Hall–Kier alpha value is -1.02. The van der Waals surface area contributed by atoms with Gasteiger partial charge in [-0.25, -0.2) is 17.2 Å². The molecule has 0 saturated carbocycles. The highest BCUT2D eigenvalue weighted by Crippen LogP contribution is 2.25. The van der Waals surface area contributed by atoms with Crippen LogP contribution < -0.4 is 5.32 Å². The highest BCUT2D eigenvalue weighted by molar-refractivity contribution is 9.10. The van der Waals surface area contributed by atoms with Gasteiger partial charge in [0.1, 0.15) is 17.2 Å². The number of hydrogen-bond acceptors (Lipinski definition) is 3. The molecule has 8 heteroatoms. The Bertz CT molecular complexity index is 654. The third-order valence-electron chi connectivity index (χ3n) is 3.15. The van der Waals surface area contributed by atoms with Gasteiger partial charge in [-0.05, 0) is 25.5 Å². The lowest BCUT2D eigenvalue weighted by Crippen LogP contribution is -2.47. The van der Waals surface area contributed by atoms with E-state index in [0.717, 1.165) is 12.1 Å². The van der Waals surface area contributed by atoms with Crippen molar-refractivity contribution in [2.75, 3.05) is 11.5 Å². The Morgan fingerprint density at radius 3 is 2.35 bits per heavy atom. The molecule has 0 spiro atoms. The first kappa shape index (κ1) is 15.4. The van der Waals surface area contributed by atoms with Crippen LogP contribution in [0.3, 0.4) is 0 Å². The summed E-state index contributed by atoms with van der Waals surface area (Å²) in [6.45, 7) is 1.55. The van der Waals surface area contributed by atoms with Crippen molar-refractivity contribution in [1.29, 1.82) is 0 Å². The predicted molar refractivity (Wildman–Crippen MR) is 73.2 cm³/mol. The van der Waals surface area contributed by atoms with Gasteiger partial charge in [0.15, 0.2) is 9.84 Å². The number of benzene rings is 1. The van der Waals surface area contributed by atoms with Crippen molar-refractivity contribution < 1.29 is 22.0 Å². The zero-order valence-corrected chi connectivity index (χ0v) is 12.9. The lowest BCUT2D eigenvalue weighted by Gasteiger charge is -2.24. The summed E-state index contributed by atoms with van der Waals surface area (Å²) >= 11 is 2.92. The van der Waals surface area contributed by atoms with Gasteiger partial charge in [-0.1, -0.05) is 15.9 Å². The topological polar surface area (TPSA) is 63.2 Å². The van der Waals surface area contributed by atoms with E-state index >= 15 is 0 Å². The van der Waals surface area contributed by atoms with E-state index in [4.69, 9.17) is 0 Å². The molecule has 1 aliphatic heterocycles. The molecular formula is C12H12BrF2NO3S. The fraction of sp³-hybridized carbons (Fsp3) is 0.417. The summed E-state index contributed by atoms with van der Waals surface area (Å²) in [5.74, 6) is -3.23. The molecule has 0 radical (unpaired) electrons. The number of carbonyl (C=O) groups is 1. The van der Waals surface area contributed by atoms with Crippen molar-refractivity contribution in [1.82, 2.24) is 5.32 Å². The molecule has 1 heterocycles. The number of rotatable bonds is 2. The third kappa shape index (κ3) is 3.17. The molecule has 4 nitrogen and oxygen atoms in total. The van der Waals surface area contributed by atoms with Gasteiger partial charge in [-0.15, -0.1) is 0 Å². The molecule has 0 aliphatic carbocycles. The van der Waals surface area contributed by atoms with Gasteiger partial charge in [0.05, 0.1) is 17.0 Å². The molecule has 1 aromatic rings. The van der Waals surface area contributed by atoms with Crippen LogP contribution in [0.25, 0.3) is 0 Å². The van der Waals surface area contributed by atoms with E-state index in [-0.39, 0.29) is 22.4 Å². The molecule has 2 rings (SSSR count). The molecule has 1 amide bonds. The average molecular weight is 368 g/mol. The first-order valence-corrected chi connectivity index (χ1v) is 8.41. The zero-order valence-electron chi connectivity index (χ0n) is 10.5. The first-order valence-electron chi connectivity index (χ1n) is 5.79. The highest BCUT2D eigenvalue weighted by Gasteiger charge is 2.40. The third-order valence-corrected chi connectivity index (χ3v) is 5.51. The molecular weight excluding hydrogens is 356 g/mol. The van der Waals surface area contributed by atoms with E-state index in [2.05, 4.69) is 21.2 Å². The fourth-order valence-corrected chi connectivity index (χ4v) is 4.70. The minimum Gasteiger partial charge on any atom is -0.346 e. The average Bonchev–Trinajstić information content (AvgIpc) is 2.50. The lowest BCUT2D eigenvalue weighted by molar-refractivity contribution is 0.0906. The van der Waals surface area contributed by atoms with Gasteiger partial charge < -0.3 is 5.32 Å². The summed E-state index contributed by atoms with van der Waals surface area (Å²) in [5.41, 5.74) is -1.71. The largest absolute Gasteiger partial charge is 0.346 e. The van der Waals surface area contributed by atoms with Crippen molar-refractivity contribution in [3.8, 4) is 0 Å². The standard InChI is InChI=1S/C12H12BrF2NO3S/c1-12(2-3-20(18,19)6-12)16-11(17)10-8(14)4-7(13)5-9(10)15/h4-5H,2-3,6H2,1H3,(H,16,17). The van der Waals surface area contributed by atoms with Crippen molar-refractivity contribution in [3.63, 3.8) is 0 Å². The number of hydrogen-bond donors (Lipinski definition) is 1. The Morgan fingerprint density at radius 1 is 1.35 bits per heavy atom. The SMILES string of the molecule is CC1(NC(=O)c2c(F)cc(Br)cc2F)CCS(=O)(=O)C1. The predicted octanol–water partition coefficient (Wildman–Crippen LogP) is 2.03. The van der Waals surface area contributed by atoms with Crippen LogP contribution in [0, 0.1) is 11.6 Å². The molecule has 1 saturated heterocycles. The summed E-state index contributed by atoms with van der Waals surface area (Å²) in [6.07, 6.45) is 0.223. The van der Waals surface area contributed by atoms with Crippen LogP contribution >= 0.6 is 15.9 Å². The number of nitrogens with one attached hydrogen (secondary N) is 1. The number of amides is 1. The molecule has 110 valence electrons. The van der Waals surface area contributed by atoms with Crippen molar-refractivity contribution in [2.24, 2.45) is 0 Å². The van der Waals surface area contributed by atoms with Crippen LogP contribution in [-0.4, -0.2) is 31.4 Å². The Balaban J connectivity index is 2.26. The monoisotopic (exact) mass is 367 g/mol. The normalized spacial score (nSPS) is 24.6. The van der Waals surface area contributed by atoms with Crippen LogP contribution in [0.1, 0.15) is 23.7 Å². The van der Waals surface area contributed by atoms with Crippen molar-refractivity contribution in [3.05, 3.63) is 33.8 Å². The second-order valence-corrected chi connectivity index (χ2v) is 8.20. The first-order chi connectivity index (χ1) is 9.12. The summed E-state index contributed by atoms with van der Waals surface area (Å²) in [7, 11) is -3.22. The maximum Gasteiger partial charge on any atom is 0.257 e. The Kier molecular flexibility index (Phi) is 3.90. The minimum atomic E-state index is -3.22. The molecule has 1 aromatic carbocycles.